The average Bonchev–Trinajstić information content (AvgIpc) is 3.14. The van der Waals surface area contributed by atoms with Gasteiger partial charge in [0.15, 0.2) is 0 Å². The molecule has 1 atom stereocenters. The fourth-order valence-electron chi connectivity index (χ4n) is 5.21. The van der Waals surface area contributed by atoms with E-state index in [0.29, 0.717) is 5.91 Å². The molecule has 0 bridgehead atoms. The van der Waals surface area contributed by atoms with Crippen LogP contribution in [0.2, 0.25) is 0 Å². The number of hydrogen-bond acceptors (Lipinski definition) is 4. The van der Waals surface area contributed by atoms with Crippen LogP contribution in [0.15, 0.2) is 48.5 Å². The molecule has 6 nitrogen and oxygen atoms in total. The lowest BCUT2D eigenvalue weighted by Crippen LogP contribution is -2.52. The first kappa shape index (κ1) is 21.0. The summed E-state index contributed by atoms with van der Waals surface area (Å²) in [5.74, 6) is 1.51. The number of piperidine rings is 1. The molecule has 0 unspecified atom stereocenters. The Morgan fingerprint density at radius 1 is 1.03 bits per heavy atom. The van der Waals surface area contributed by atoms with Gasteiger partial charge in [-0.15, -0.1) is 0 Å². The summed E-state index contributed by atoms with van der Waals surface area (Å²) in [7, 11) is 2.09. The van der Waals surface area contributed by atoms with Gasteiger partial charge in [0.25, 0.3) is 0 Å². The van der Waals surface area contributed by atoms with Gasteiger partial charge in [0, 0.05) is 45.5 Å². The van der Waals surface area contributed by atoms with Crippen LogP contribution in [0.3, 0.4) is 0 Å². The number of fused-ring (bicyclic) bond motifs is 1. The number of amides is 1. The molecule has 2 aliphatic heterocycles. The Morgan fingerprint density at radius 2 is 1.84 bits per heavy atom. The van der Waals surface area contributed by atoms with Crippen LogP contribution in [0.25, 0.3) is 11.0 Å². The van der Waals surface area contributed by atoms with Crippen molar-refractivity contribution >= 4 is 22.6 Å². The fourth-order valence-corrected chi connectivity index (χ4v) is 5.21. The normalized spacial score (nSPS) is 20.1. The quantitative estimate of drug-likeness (QED) is 0.635. The molecule has 0 saturated carbocycles. The SMILES string of the molecule is Cc1cccc(N2CCN(C(=O)[C@H]3CCCN(Cc4nc5ccccc5n4C)C3)CC2)c1. The topological polar surface area (TPSA) is 44.6 Å². The van der Waals surface area contributed by atoms with Gasteiger partial charge in [-0.2, -0.15) is 0 Å². The zero-order valence-corrected chi connectivity index (χ0v) is 19.2. The number of rotatable bonds is 4. The second kappa shape index (κ2) is 8.94. The Hall–Kier alpha value is -2.86. The second-order valence-corrected chi connectivity index (χ2v) is 9.30. The number of aryl methyl sites for hydroxylation is 2. The number of benzene rings is 2. The van der Waals surface area contributed by atoms with Crippen molar-refractivity contribution < 1.29 is 4.79 Å². The number of para-hydroxylation sites is 2. The molecular formula is C26H33N5O. The van der Waals surface area contributed by atoms with E-state index in [-0.39, 0.29) is 5.92 Å². The number of piperazine rings is 1. The van der Waals surface area contributed by atoms with Gasteiger partial charge >= 0.3 is 0 Å². The van der Waals surface area contributed by atoms with E-state index in [0.717, 1.165) is 70.0 Å². The highest BCUT2D eigenvalue weighted by atomic mass is 16.2. The van der Waals surface area contributed by atoms with Gasteiger partial charge in [0.2, 0.25) is 5.91 Å². The van der Waals surface area contributed by atoms with E-state index in [1.165, 1.54) is 16.8 Å². The van der Waals surface area contributed by atoms with E-state index in [9.17, 15) is 4.79 Å². The Bertz CT molecular complexity index is 1100. The summed E-state index contributed by atoms with van der Waals surface area (Å²) in [6.45, 7) is 8.25. The number of aromatic nitrogens is 2. The van der Waals surface area contributed by atoms with Crippen molar-refractivity contribution in [2.24, 2.45) is 13.0 Å². The summed E-state index contributed by atoms with van der Waals surface area (Å²) in [5, 5.41) is 0. The number of carbonyl (C=O) groups is 1. The van der Waals surface area contributed by atoms with Crippen LogP contribution in [-0.2, 0) is 18.4 Å². The van der Waals surface area contributed by atoms with Crippen molar-refractivity contribution in [1.82, 2.24) is 19.4 Å². The molecule has 2 fully saturated rings. The van der Waals surface area contributed by atoms with Gasteiger partial charge in [0.05, 0.1) is 23.5 Å². The van der Waals surface area contributed by atoms with E-state index in [1.807, 2.05) is 6.07 Å². The van der Waals surface area contributed by atoms with Gasteiger partial charge in [-0.05, 0) is 56.1 Å². The first-order chi connectivity index (χ1) is 15.6. The van der Waals surface area contributed by atoms with E-state index >= 15 is 0 Å². The van der Waals surface area contributed by atoms with Gasteiger partial charge in [-0.3, -0.25) is 9.69 Å². The zero-order chi connectivity index (χ0) is 22.1. The number of likely N-dealkylation sites (tertiary alicyclic amines) is 1. The molecule has 5 rings (SSSR count). The van der Waals surface area contributed by atoms with E-state index in [1.54, 1.807) is 0 Å². The molecule has 3 aromatic rings. The largest absolute Gasteiger partial charge is 0.368 e. The summed E-state index contributed by atoms with van der Waals surface area (Å²) in [5.41, 5.74) is 4.76. The van der Waals surface area contributed by atoms with Crippen LogP contribution in [0.5, 0.6) is 0 Å². The third kappa shape index (κ3) is 4.24. The molecule has 0 aliphatic carbocycles. The molecule has 168 valence electrons. The zero-order valence-electron chi connectivity index (χ0n) is 19.2. The third-order valence-electron chi connectivity index (χ3n) is 7.06. The third-order valence-corrected chi connectivity index (χ3v) is 7.06. The smallest absolute Gasteiger partial charge is 0.227 e. The van der Waals surface area contributed by atoms with Crippen molar-refractivity contribution in [1.29, 1.82) is 0 Å². The number of carbonyl (C=O) groups excluding carboxylic acids is 1. The maximum absolute atomic E-state index is 13.3. The van der Waals surface area contributed by atoms with E-state index in [4.69, 9.17) is 4.98 Å². The fraction of sp³-hybridized carbons (Fsp3) is 0.462. The first-order valence-electron chi connectivity index (χ1n) is 11.8. The molecule has 2 aromatic carbocycles. The minimum absolute atomic E-state index is 0.101. The predicted molar refractivity (Wildman–Crippen MR) is 129 cm³/mol. The molecule has 0 spiro atoms. The van der Waals surface area contributed by atoms with Crippen LogP contribution in [0, 0.1) is 12.8 Å². The lowest BCUT2D eigenvalue weighted by Gasteiger charge is -2.39. The van der Waals surface area contributed by atoms with Gasteiger partial charge in [0.1, 0.15) is 5.82 Å². The predicted octanol–water partition coefficient (Wildman–Crippen LogP) is 3.44. The first-order valence-corrected chi connectivity index (χ1v) is 11.8. The van der Waals surface area contributed by atoms with E-state index < -0.39 is 0 Å². The van der Waals surface area contributed by atoms with Crippen molar-refractivity contribution in [3.05, 3.63) is 59.9 Å². The molecular weight excluding hydrogens is 398 g/mol. The molecule has 1 amide bonds. The minimum atomic E-state index is 0.101. The summed E-state index contributed by atoms with van der Waals surface area (Å²) < 4.78 is 2.19. The average molecular weight is 432 g/mol. The summed E-state index contributed by atoms with van der Waals surface area (Å²) in [4.78, 5) is 25.1. The van der Waals surface area contributed by atoms with Crippen LogP contribution >= 0.6 is 0 Å². The second-order valence-electron chi connectivity index (χ2n) is 9.30. The van der Waals surface area contributed by atoms with Crippen LogP contribution in [0.4, 0.5) is 5.69 Å². The highest BCUT2D eigenvalue weighted by Gasteiger charge is 2.31. The van der Waals surface area contributed by atoms with Crippen LogP contribution in [-0.4, -0.2) is 64.5 Å². The number of imidazole rings is 1. The maximum atomic E-state index is 13.3. The summed E-state index contributed by atoms with van der Waals surface area (Å²) in [6.07, 6.45) is 2.07. The molecule has 3 heterocycles. The lowest BCUT2D eigenvalue weighted by molar-refractivity contribution is -0.137. The van der Waals surface area contributed by atoms with Crippen LogP contribution in [0.1, 0.15) is 24.2 Å². The Balaban J connectivity index is 1.19. The highest BCUT2D eigenvalue weighted by molar-refractivity contribution is 5.79. The molecule has 2 aliphatic rings. The van der Waals surface area contributed by atoms with Gasteiger partial charge in [-0.1, -0.05) is 24.3 Å². The van der Waals surface area contributed by atoms with Crippen molar-refractivity contribution in [2.75, 3.05) is 44.2 Å². The molecule has 0 radical (unpaired) electrons. The van der Waals surface area contributed by atoms with Gasteiger partial charge < -0.3 is 14.4 Å². The Morgan fingerprint density at radius 3 is 2.62 bits per heavy atom. The molecule has 0 N–H and O–H groups in total. The highest BCUT2D eigenvalue weighted by Crippen LogP contribution is 2.24. The number of anilines is 1. The Labute approximate surface area is 190 Å². The Kier molecular flexibility index (Phi) is 5.87. The lowest BCUT2D eigenvalue weighted by atomic mass is 9.96. The minimum Gasteiger partial charge on any atom is -0.368 e. The number of nitrogens with zero attached hydrogens (tertiary/aromatic N) is 5. The van der Waals surface area contributed by atoms with Crippen molar-refractivity contribution in [3.8, 4) is 0 Å². The summed E-state index contributed by atoms with van der Waals surface area (Å²) >= 11 is 0. The standard InChI is InChI=1S/C26H33N5O/c1-20-7-5-9-22(17-20)30-13-15-31(16-14-30)26(32)21-8-6-12-29(18-21)19-25-27-23-10-3-4-11-24(23)28(25)2/h3-5,7,9-11,17,21H,6,8,12-16,18-19H2,1-2H3/t21-/m0/s1. The maximum Gasteiger partial charge on any atom is 0.227 e. The van der Waals surface area contributed by atoms with Crippen LogP contribution < -0.4 is 4.90 Å². The monoisotopic (exact) mass is 431 g/mol. The molecule has 1 aromatic heterocycles. The molecule has 2 saturated heterocycles. The molecule has 32 heavy (non-hydrogen) atoms. The van der Waals surface area contributed by atoms with E-state index in [2.05, 4.69) is 75.7 Å². The van der Waals surface area contributed by atoms with Gasteiger partial charge in [-0.25, -0.2) is 4.98 Å². The van der Waals surface area contributed by atoms with Crippen molar-refractivity contribution in [2.45, 2.75) is 26.3 Å². The summed E-state index contributed by atoms with van der Waals surface area (Å²) in [6, 6.07) is 16.9. The number of hydrogen-bond donors (Lipinski definition) is 0. The molecule has 6 heteroatoms. The van der Waals surface area contributed by atoms with Crippen molar-refractivity contribution in [3.63, 3.8) is 0 Å².